The second kappa shape index (κ2) is 9.00. The van der Waals surface area contributed by atoms with E-state index in [1.54, 1.807) is 0 Å². The lowest BCUT2D eigenvalue weighted by atomic mass is 10.0. The number of anilines is 2. The van der Waals surface area contributed by atoms with Crippen molar-refractivity contribution in [3.8, 4) is 0 Å². The highest BCUT2D eigenvalue weighted by atomic mass is 19.1. The summed E-state index contributed by atoms with van der Waals surface area (Å²) in [6, 6.07) is 5.95. The molecule has 0 atom stereocenters. The van der Waals surface area contributed by atoms with E-state index in [1.807, 2.05) is 12.3 Å². The fraction of sp³-hybridized carbons (Fsp3) is 0.524. The molecule has 2 fully saturated rings. The number of aromatic nitrogens is 2. The molecule has 1 aromatic carbocycles. The fourth-order valence-electron chi connectivity index (χ4n) is 4.01. The van der Waals surface area contributed by atoms with Gasteiger partial charge in [-0.1, -0.05) is 0 Å². The summed E-state index contributed by atoms with van der Waals surface area (Å²) >= 11 is 0. The third-order valence-corrected chi connectivity index (χ3v) is 5.79. The molecule has 0 N–H and O–H groups in total. The van der Waals surface area contributed by atoms with Gasteiger partial charge in [0.25, 0.3) is 0 Å². The first-order valence-electron chi connectivity index (χ1n) is 10.1. The Morgan fingerprint density at radius 2 is 1.86 bits per heavy atom. The van der Waals surface area contributed by atoms with Crippen molar-refractivity contribution < 1.29 is 13.5 Å². The van der Waals surface area contributed by atoms with Crippen molar-refractivity contribution in [1.29, 1.82) is 0 Å². The topological polar surface area (TPSA) is 44.7 Å². The monoisotopic (exact) mass is 403 g/mol. The van der Waals surface area contributed by atoms with Crippen LogP contribution in [-0.4, -0.2) is 67.4 Å². The fourth-order valence-corrected chi connectivity index (χ4v) is 4.01. The highest BCUT2D eigenvalue weighted by Crippen LogP contribution is 2.23. The van der Waals surface area contributed by atoms with Gasteiger partial charge in [0.2, 0.25) is 5.95 Å². The van der Waals surface area contributed by atoms with E-state index >= 15 is 0 Å². The molecule has 6 nitrogen and oxygen atoms in total. The molecule has 0 radical (unpaired) electrons. The zero-order valence-electron chi connectivity index (χ0n) is 16.7. The van der Waals surface area contributed by atoms with Crippen molar-refractivity contribution in [2.75, 3.05) is 56.2 Å². The van der Waals surface area contributed by atoms with Crippen LogP contribution in [-0.2, 0) is 11.3 Å². The minimum Gasteiger partial charge on any atom is -0.378 e. The van der Waals surface area contributed by atoms with Gasteiger partial charge in [-0.05, 0) is 37.1 Å². The Hall–Kier alpha value is -2.32. The molecule has 0 spiro atoms. The van der Waals surface area contributed by atoms with Crippen molar-refractivity contribution in [2.24, 2.45) is 0 Å². The van der Waals surface area contributed by atoms with Crippen molar-refractivity contribution in [3.05, 3.63) is 47.7 Å². The third kappa shape index (κ3) is 4.82. The highest BCUT2D eigenvalue weighted by molar-refractivity contribution is 5.44. The number of rotatable bonds is 5. The number of morpholine rings is 1. The van der Waals surface area contributed by atoms with Crippen molar-refractivity contribution in [2.45, 2.75) is 25.4 Å². The summed E-state index contributed by atoms with van der Waals surface area (Å²) in [5.74, 6) is 0.922. The van der Waals surface area contributed by atoms with Crippen LogP contribution in [0.1, 0.15) is 18.4 Å². The van der Waals surface area contributed by atoms with Gasteiger partial charge in [0, 0.05) is 57.6 Å². The van der Waals surface area contributed by atoms with E-state index in [0.717, 1.165) is 56.9 Å². The Balaban J connectivity index is 1.35. The molecule has 8 heteroatoms. The van der Waals surface area contributed by atoms with E-state index in [0.29, 0.717) is 31.4 Å². The summed E-state index contributed by atoms with van der Waals surface area (Å²) in [4.78, 5) is 15.7. The molecule has 0 amide bonds. The number of benzene rings is 1. The molecule has 0 bridgehead atoms. The van der Waals surface area contributed by atoms with Crippen molar-refractivity contribution in [1.82, 2.24) is 14.9 Å². The number of halogens is 2. The van der Waals surface area contributed by atoms with E-state index in [1.165, 1.54) is 12.1 Å². The Morgan fingerprint density at radius 3 is 2.62 bits per heavy atom. The lowest BCUT2D eigenvalue weighted by Gasteiger charge is -2.37. The predicted octanol–water partition coefficient (Wildman–Crippen LogP) is 2.69. The zero-order chi connectivity index (χ0) is 20.2. The van der Waals surface area contributed by atoms with Gasteiger partial charge in [0.1, 0.15) is 17.5 Å². The Morgan fingerprint density at radius 1 is 1.10 bits per heavy atom. The van der Waals surface area contributed by atoms with Gasteiger partial charge >= 0.3 is 0 Å². The van der Waals surface area contributed by atoms with Crippen LogP contribution >= 0.6 is 0 Å². The molecule has 3 heterocycles. The summed E-state index contributed by atoms with van der Waals surface area (Å²) < 4.78 is 32.7. The molecular formula is C21H27F2N5O. The normalized spacial score (nSPS) is 18.8. The predicted molar refractivity (Wildman–Crippen MR) is 108 cm³/mol. The van der Waals surface area contributed by atoms with Crippen LogP contribution in [0.15, 0.2) is 30.5 Å². The third-order valence-electron chi connectivity index (χ3n) is 5.79. The van der Waals surface area contributed by atoms with Crippen molar-refractivity contribution >= 4 is 11.8 Å². The second-order valence-electron chi connectivity index (χ2n) is 7.67. The quantitative estimate of drug-likeness (QED) is 0.765. The van der Waals surface area contributed by atoms with Gasteiger partial charge in [-0.15, -0.1) is 0 Å². The maximum Gasteiger partial charge on any atom is 0.227 e. The lowest BCUT2D eigenvalue weighted by molar-refractivity contribution is 0.122. The minimum absolute atomic E-state index is 0.345. The van der Waals surface area contributed by atoms with E-state index in [-0.39, 0.29) is 5.82 Å². The number of likely N-dealkylation sites (tertiary alicyclic amines) is 1. The minimum atomic E-state index is -0.393. The summed E-state index contributed by atoms with van der Waals surface area (Å²) in [6.07, 6.45) is 3.71. The van der Waals surface area contributed by atoms with Crippen molar-refractivity contribution in [3.63, 3.8) is 0 Å². The molecule has 2 saturated heterocycles. The van der Waals surface area contributed by atoms with E-state index in [4.69, 9.17) is 9.72 Å². The van der Waals surface area contributed by atoms with Crippen LogP contribution in [0.5, 0.6) is 0 Å². The summed E-state index contributed by atoms with van der Waals surface area (Å²) in [6.45, 7) is 5.14. The summed E-state index contributed by atoms with van der Waals surface area (Å²) in [5.41, 5.74) is 0.419. The average molecular weight is 403 g/mol. The molecule has 4 rings (SSSR count). The van der Waals surface area contributed by atoms with Crippen LogP contribution < -0.4 is 9.80 Å². The number of hydrogen-bond donors (Lipinski definition) is 0. The van der Waals surface area contributed by atoms with Gasteiger partial charge in [-0.25, -0.2) is 13.8 Å². The summed E-state index contributed by atoms with van der Waals surface area (Å²) in [5, 5.41) is 0. The Labute approximate surface area is 170 Å². The molecule has 2 aliphatic heterocycles. The smallest absolute Gasteiger partial charge is 0.227 e. The van der Waals surface area contributed by atoms with Gasteiger partial charge in [0.05, 0.1) is 13.2 Å². The molecule has 2 aromatic rings. The first-order chi connectivity index (χ1) is 14.1. The SMILES string of the molecule is CN(c1ccnc(N2CCOCC2)n1)C1CCN(Cc2cc(F)ccc2F)CC1. The number of hydrogen-bond acceptors (Lipinski definition) is 6. The number of piperidine rings is 1. The highest BCUT2D eigenvalue weighted by Gasteiger charge is 2.25. The Kier molecular flexibility index (Phi) is 6.20. The second-order valence-corrected chi connectivity index (χ2v) is 7.67. The first-order valence-corrected chi connectivity index (χ1v) is 10.1. The van der Waals surface area contributed by atoms with Crippen LogP contribution in [0.25, 0.3) is 0 Å². The zero-order valence-corrected chi connectivity index (χ0v) is 16.7. The Bertz CT molecular complexity index is 822. The van der Waals surface area contributed by atoms with Gasteiger partial charge in [-0.2, -0.15) is 4.98 Å². The standard InChI is InChI=1S/C21H27F2N5O/c1-26(20-4-7-24-21(25-20)28-10-12-29-13-11-28)18-5-8-27(9-6-18)15-16-14-17(22)2-3-19(16)23/h2-4,7,14,18H,5-6,8-13,15H2,1H3. The van der Waals surface area contributed by atoms with E-state index in [9.17, 15) is 8.78 Å². The van der Waals surface area contributed by atoms with Gasteiger partial charge in [0.15, 0.2) is 0 Å². The largest absolute Gasteiger partial charge is 0.378 e. The van der Waals surface area contributed by atoms with Crippen LogP contribution in [0.4, 0.5) is 20.5 Å². The van der Waals surface area contributed by atoms with E-state index < -0.39 is 5.82 Å². The van der Waals surface area contributed by atoms with E-state index in [2.05, 4.69) is 26.7 Å². The first kappa shape index (κ1) is 20.0. The van der Waals surface area contributed by atoms with Gasteiger partial charge in [-0.3, -0.25) is 4.90 Å². The molecule has 29 heavy (non-hydrogen) atoms. The molecular weight excluding hydrogens is 376 g/mol. The van der Waals surface area contributed by atoms with Crippen LogP contribution in [0.3, 0.4) is 0 Å². The lowest BCUT2D eigenvalue weighted by Crippen LogP contribution is -2.43. The maximum absolute atomic E-state index is 13.9. The molecule has 0 unspecified atom stereocenters. The molecule has 156 valence electrons. The molecule has 0 saturated carbocycles. The van der Waals surface area contributed by atoms with Crippen LogP contribution in [0, 0.1) is 11.6 Å². The molecule has 0 aliphatic carbocycles. The van der Waals surface area contributed by atoms with Crippen LogP contribution in [0.2, 0.25) is 0 Å². The molecule has 2 aliphatic rings. The maximum atomic E-state index is 13.9. The average Bonchev–Trinajstić information content (AvgIpc) is 2.77. The number of ether oxygens (including phenoxy) is 1. The van der Waals surface area contributed by atoms with Gasteiger partial charge < -0.3 is 14.5 Å². The number of nitrogens with zero attached hydrogens (tertiary/aromatic N) is 5. The molecule has 1 aromatic heterocycles. The summed E-state index contributed by atoms with van der Waals surface area (Å²) in [7, 11) is 2.07.